The van der Waals surface area contributed by atoms with Gasteiger partial charge in [-0.1, -0.05) is 62.4 Å². The molecule has 0 spiro atoms. The molecule has 1 N–H and O–H groups in total. The molecular weight excluding hydrogens is 292 g/mol. The molecule has 0 unspecified atom stereocenters. The molecule has 2 nitrogen and oxygen atoms in total. The Balaban J connectivity index is 1.86. The average Bonchev–Trinajstić information content (AvgIpc) is 2.64. The Kier molecular flexibility index (Phi) is 6.06. The van der Waals surface area contributed by atoms with Crippen LogP contribution in [0.15, 0.2) is 54.6 Å². The van der Waals surface area contributed by atoms with Gasteiger partial charge in [0.1, 0.15) is 0 Å². The van der Waals surface area contributed by atoms with Crippen LogP contribution in [0.2, 0.25) is 0 Å². The van der Waals surface area contributed by atoms with Gasteiger partial charge in [0.15, 0.2) is 0 Å². The topological polar surface area (TPSA) is 15.3 Å². The van der Waals surface area contributed by atoms with Crippen LogP contribution in [0.25, 0.3) is 11.1 Å². The maximum atomic E-state index is 3.48. The Labute approximate surface area is 146 Å². The smallest absolute Gasteiger partial charge is 0.0349 e. The molecule has 0 aliphatic carbocycles. The summed E-state index contributed by atoms with van der Waals surface area (Å²) in [7, 11) is 0. The molecule has 1 fully saturated rings. The minimum absolute atomic E-state index is 0.540. The van der Waals surface area contributed by atoms with Gasteiger partial charge in [-0.15, -0.1) is 0 Å². The maximum Gasteiger partial charge on any atom is 0.0349 e. The number of hydrogen-bond donors (Lipinski definition) is 1. The van der Waals surface area contributed by atoms with E-state index in [9.17, 15) is 0 Å². The van der Waals surface area contributed by atoms with Crippen molar-refractivity contribution in [3.05, 3.63) is 60.2 Å². The summed E-state index contributed by atoms with van der Waals surface area (Å²) in [5.74, 6) is 0.757. The first-order valence-corrected chi connectivity index (χ1v) is 9.34. The lowest BCUT2D eigenvalue weighted by Gasteiger charge is -2.36. The monoisotopic (exact) mass is 322 g/mol. The third-order valence-electron chi connectivity index (χ3n) is 4.99. The van der Waals surface area contributed by atoms with Crippen LogP contribution in [0, 0.1) is 5.92 Å². The number of nitrogens with one attached hydrogen (secondary N) is 1. The van der Waals surface area contributed by atoms with E-state index < -0.39 is 0 Å². The second-order valence-corrected chi connectivity index (χ2v) is 7.26. The van der Waals surface area contributed by atoms with E-state index in [4.69, 9.17) is 0 Å². The number of piperazine rings is 1. The van der Waals surface area contributed by atoms with E-state index in [2.05, 4.69) is 78.7 Å². The molecule has 1 atom stereocenters. The van der Waals surface area contributed by atoms with Crippen LogP contribution in [0.1, 0.15) is 38.3 Å². The molecule has 3 rings (SSSR count). The summed E-state index contributed by atoms with van der Waals surface area (Å²) in [4.78, 5) is 2.67. The molecule has 24 heavy (non-hydrogen) atoms. The van der Waals surface area contributed by atoms with Gasteiger partial charge in [0.2, 0.25) is 0 Å². The van der Waals surface area contributed by atoms with Gasteiger partial charge >= 0.3 is 0 Å². The van der Waals surface area contributed by atoms with Crippen LogP contribution < -0.4 is 5.32 Å². The van der Waals surface area contributed by atoms with E-state index >= 15 is 0 Å². The lowest BCUT2D eigenvalue weighted by molar-refractivity contribution is 0.160. The summed E-state index contributed by atoms with van der Waals surface area (Å²) in [6.07, 6.45) is 2.53. The normalized spacial score (nSPS) is 17.1. The Bertz CT molecular complexity index is 615. The van der Waals surface area contributed by atoms with Gasteiger partial charge in [-0.05, 0) is 41.5 Å². The molecule has 2 aromatic rings. The van der Waals surface area contributed by atoms with Crippen molar-refractivity contribution in [1.82, 2.24) is 10.2 Å². The number of benzene rings is 2. The molecule has 2 aromatic carbocycles. The summed E-state index contributed by atoms with van der Waals surface area (Å²) in [5, 5.41) is 3.48. The molecule has 128 valence electrons. The first-order valence-electron chi connectivity index (χ1n) is 9.34. The van der Waals surface area contributed by atoms with E-state index in [1.165, 1.54) is 29.5 Å². The van der Waals surface area contributed by atoms with E-state index in [1.54, 1.807) is 0 Å². The van der Waals surface area contributed by atoms with Crippen molar-refractivity contribution >= 4 is 0 Å². The minimum atomic E-state index is 0.540. The highest BCUT2D eigenvalue weighted by molar-refractivity contribution is 5.64. The highest BCUT2D eigenvalue weighted by Crippen LogP contribution is 2.30. The number of rotatable bonds is 6. The quantitative estimate of drug-likeness (QED) is 0.826. The van der Waals surface area contributed by atoms with Gasteiger partial charge in [-0.3, -0.25) is 4.90 Å². The number of hydrogen-bond acceptors (Lipinski definition) is 2. The molecule has 0 bridgehead atoms. The summed E-state index contributed by atoms with van der Waals surface area (Å²) < 4.78 is 0. The Morgan fingerprint density at radius 2 is 1.58 bits per heavy atom. The van der Waals surface area contributed by atoms with Crippen LogP contribution in [0.5, 0.6) is 0 Å². The van der Waals surface area contributed by atoms with Crippen molar-refractivity contribution in [1.29, 1.82) is 0 Å². The summed E-state index contributed by atoms with van der Waals surface area (Å²) in [6, 6.07) is 20.4. The van der Waals surface area contributed by atoms with Crippen LogP contribution in [-0.2, 0) is 0 Å². The minimum Gasteiger partial charge on any atom is -0.314 e. The predicted molar refractivity (Wildman–Crippen MR) is 103 cm³/mol. The fourth-order valence-corrected chi connectivity index (χ4v) is 3.60. The molecule has 0 saturated carbocycles. The standard InChI is InChI=1S/C22H30N2/c1-18(2)11-12-22(24-15-13-23-14-16-24)21-10-6-9-20(17-21)19-7-4-3-5-8-19/h3-10,17-18,22-23H,11-16H2,1-2H3/t22-/m1/s1. The van der Waals surface area contributed by atoms with Gasteiger partial charge in [-0.25, -0.2) is 0 Å². The van der Waals surface area contributed by atoms with Crippen molar-refractivity contribution < 1.29 is 0 Å². The largest absolute Gasteiger partial charge is 0.314 e. The van der Waals surface area contributed by atoms with Crippen LogP contribution in [0.3, 0.4) is 0 Å². The van der Waals surface area contributed by atoms with Gasteiger partial charge in [0.25, 0.3) is 0 Å². The van der Waals surface area contributed by atoms with E-state index in [0.717, 1.165) is 32.1 Å². The second-order valence-electron chi connectivity index (χ2n) is 7.26. The third-order valence-corrected chi connectivity index (χ3v) is 4.99. The van der Waals surface area contributed by atoms with Crippen molar-refractivity contribution in [2.24, 2.45) is 5.92 Å². The Hall–Kier alpha value is -1.64. The fourth-order valence-electron chi connectivity index (χ4n) is 3.60. The van der Waals surface area contributed by atoms with Gasteiger partial charge in [0.05, 0.1) is 0 Å². The Morgan fingerprint density at radius 3 is 2.29 bits per heavy atom. The van der Waals surface area contributed by atoms with Gasteiger partial charge in [-0.2, -0.15) is 0 Å². The van der Waals surface area contributed by atoms with Crippen LogP contribution in [0.4, 0.5) is 0 Å². The molecule has 1 heterocycles. The van der Waals surface area contributed by atoms with Gasteiger partial charge < -0.3 is 5.32 Å². The van der Waals surface area contributed by atoms with Crippen LogP contribution in [-0.4, -0.2) is 31.1 Å². The molecular formula is C22H30N2. The SMILES string of the molecule is CC(C)CC[C@H](c1cccc(-c2ccccc2)c1)N1CCNCC1. The Morgan fingerprint density at radius 1 is 0.875 bits per heavy atom. The van der Waals surface area contributed by atoms with Crippen molar-refractivity contribution in [2.45, 2.75) is 32.7 Å². The molecule has 2 heteroatoms. The molecule has 1 saturated heterocycles. The van der Waals surface area contributed by atoms with Gasteiger partial charge in [0, 0.05) is 32.2 Å². The summed E-state index contributed by atoms with van der Waals surface area (Å²) in [6.45, 7) is 9.17. The number of nitrogens with zero attached hydrogens (tertiary/aromatic N) is 1. The molecule has 0 amide bonds. The zero-order chi connectivity index (χ0) is 16.8. The highest BCUT2D eigenvalue weighted by atomic mass is 15.2. The van der Waals surface area contributed by atoms with E-state index in [0.29, 0.717) is 6.04 Å². The van der Waals surface area contributed by atoms with Crippen LogP contribution >= 0.6 is 0 Å². The molecule has 0 aromatic heterocycles. The molecule has 1 aliphatic rings. The van der Waals surface area contributed by atoms with E-state index in [1.807, 2.05) is 0 Å². The highest BCUT2D eigenvalue weighted by Gasteiger charge is 2.22. The lowest BCUT2D eigenvalue weighted by Crippen LogP contribution is -2.45. The van der Waals surface area contributed by atoms with Crippen molar-refractivity contribution in [3.8, 4) is 11.1 Å². The third kappa shape index (κ3) is 4.46. The van der Waals surface area contributed by atoms with E-state index in [-0.39, 0.29) is 0 Å². The second kappa shape index (κ2) is 8.46. The average molecular weight is 322 g/mol. The van der Waals surface area contributed by atoms with Crippen molar-refractivity contribution in [2.75, 3.05) is 26.2 Å². The summed E-state index contributed by atoms with van der Waals surface area (Å²) in [5.41, 5.74) is 4.11. The fraction of sp³-hybridized carbons (Fsp3) is 0.455. The molecule has 1 aliphatic heterocycles. The first-order chi connectivity index (χ1) is 11.7. The van der Waals surface area contributed by atoms with Crippen molar-refractivity contribution in [3.63, 3.8) is 0 Å². The summed E-state index contributed by atoms with van der Waals surface area (Å²) >= 11 is 0. The maximum absolute atomic E-state index is 3.48. The zero-order valence-corrected chi connectivity index (χ0v) is 15.0. The molecule has 0 radical (unpaired) electrons. The lowest BCUT2D eigenvalue weighted by atomic mass is 9.93. The predicted octanol–water partition coefficient (Wildman–Crippen LogP) is 4.74. The first kappa shape index (κ1) is 17.2. The zero-order valence-electron chi connectivity index (χ0n) is 15.0.